The Morgan fingerprint density at radius 1 is 1.21 bits per heavy atom. The Kier molecular flexibility index (Phi) is 4.50. The molecule has 7 nitrogen and oxygen atoms in total. The van der Waals surface area contributed by atoms with Crippen LogP contribution >= 0.6 is 0 Å². The Balaban J connectivity index is 1.68. The molecular weight excluding hydrogens is 326 g/mol. The zero-order chi connectivity index (χ0) is 17.2. The molecule has 0 bridgehead atoms. The lowest BCUT2D eigenvalue weighted by molar-refractivity contribution is 0.531. The van der Waals surface area contributed by atoms with Gasteiger partial charge in [0.15, 0.2) is 0 Å². The number of H-pyrrole nitrogens is 1. The molecule has 3 aromatic rings. The molecule has 3 rings (SSSR count). The van der Waals surface area contributed by atoms with Crippen LogP contribution in [-0.2, 0) is 16.6 Å². The minimum atomic E-state index is -3.57. The molecular formula is C16H19N5O2S. The van der Waals surface area contributed by atoms with Crippen LogP contribution in [-0.4, -0.2) is 28.2 Å². The molecule has 126 valence electrons. The van der Waals surface area contributed by atoms with E-state index in [1.54, 1.807) is 17.2 Å². The van der Waals surface area contributed by atoms with Gasteiger partial charge in [0.05, 0.1) is 24.4 Å². The van der Waals surface area contributed by atoms with E-state index in [4.69, 9.17) is 0 Å². The molecule has 24 heavy (non-hydrogen) atoms. The van der Waals surface area contributed by atoms with Crippen molar-refractivity contribution in [2.24, 2.45) is 0 Å². The highest BCUT2D eigenvalue weighted by Gasteiger charge is 2.16. The van der Waals surface area contributed by atoms with Crippen molar-refractivity contribution in [3.63, 3.8) is 0 Å². The minimum absolute atomic E-state index is 0.115. The first-order valence-corrected chi connectivity index (χ1v) is 9.05. The van der Waals surface area contributed by atoms with Crippen LogP contribution in [0.5, 0.6) is 0 Å². The van der Waals surface area contributed by atoms with Gasteiger partial charge in [0.2, 0.25) is 10.0 Å². The van der Waals surface area contributed by atoms with Gasteiger partial charge in [-0.25, -0.2) is 18.1 Å². The highest BCUT2D eigenvalue weighted by atomic mass is 32.2. The average Bonchev–Trinajstić information content (AvgIpc) is 3.25. The molecule has 0 unspecified atom stereocenters. The van der Waals surface area contributed by atoms with Crippen molar-refractivity contribution >= 4 is 10.0 Å². The van der Waals surface area contributed by atoms with Gasteiger partial charge in [0.1, 0.15) is 4.90 Å². The van der Waals surface area contributed by atoms with Crippen LogP contribution < -0.4 is 4.72 Å². The number of rotatable bonds is 6. The van der Waals surface area contributed by atoms with Gasteiger partial charge in [-0.2, -0.15) is 5.10 Å². The van der Waals surface area contributed by atoms with Crippen molar-refractivity contribution in [2.75, 3.05) is 0 Å². The first kappa shape index (κ1) is 16.4. The molecule has 0 aliphatic heterocycles. The molecule has 0 atom stereocenters. The quantitative estimate of drug-likeness (QED) is 0.717. The maximum Gasteiger partial charge on any atom is 0.243 e. The van der Waals surface area contributed by atoms with Crippen LogP contribution in [0.25, 0.3) is 11.3 Å². The zero-order valence-corrected chi connectivity index (χ0v) is 14.3. The monoisotopic (exact) mass is 345 g/mol. The minimum Gasteiger partial charge on any atom is -0.345 e. The van der Waals surface area contributed by atoms with Crippen molar-refractivity contribution in [3.05, 3.63) is 54.7 Å². The fourth-order valence-corrected chi connectivity index (χ4v) is 3.18. The fraction of sp³-hybridized carbons (Fsp3) is 0.250. The van der Waals surface area contributed by atoms with Gasteiger partial charge in [-0.05, 0) is 25.0 Å². The predicted molar refractivity (Wildman–Crippen MR) is 90.7 cm³/mol. The molecule has 0 saturated heterocycles. The summed E-state index contributed by atoms with van der Waals surface area (Å²) in [5.74, 6) is 0. The van der Waals surface area contributed by atoms with Gasteiger partial charge in [-0.15, -0.1) is 0 Å². The summed E-state index contributed by atoms with van der Waals surface area (Å²) < 4.78 is 28.9. The maximum absolute atomic E-state index is 12.3. The predicted octanol–water partition coefficient (Wildman–Crippen LogP) is 2.33. The molecule has 8 heteroatoms. The van der Waals surface area contributed by atoms with E-state index < -0.39 is 10.0 Å². The van der Waals surface area contributed by atoms with Crippen LogP contribution in [0.1, 0.15) is 25.5 Å². The summed E-state index contributed by atoms with van der Waals surface area (Å²) in [6.45, 7) is 4.11. The van der Waals surface area contributed by atoms with Crippen molar-refractivity contribution in [1.29, 1.82) is 0 Å². The van der Waals surface area contributed by atoms with Crippen molar-refractivity contribution in [2.45, 2.75) is 31.3 Å². The van der Waals surface area contributed by atoms with Gasteiger partial charge in [0, 0.05) is 18.8 Å². The van der Waals surface area contributed by atoms with Crippen LogP contribution in [0.15, 0.2) is 54.1 Å². The molecule has 0 fully saturated rings. The SMILES string of the molecule is CC(C)n1cc(S(=O)(=O)NCc2ccc(-c3cnc[nH]3)cc2)cn1. The Morgan fingerprint density at radius 3 is 2.54 bits per heavy atom. The molecule has 0 amide bonds. The Bertz CT molecular complexity index is 896. The van der Waals surface area contributed by atoms with E-state index in [9.17, 15) is 8.42 Å². The van der Waals surface area contributed by atoms with E-state index in [1.807, 2.05) is 38.1 Å². The molecule has 0 saturated carbocycles. The van der Waals surface area contributed by atoms with Gasteiger partial charge in [-0.3, -0.25) is 4.68 Å². The van der Waals surface area contributed by atoms with Gasteiger partial charge in [-0.1, -0.05) is 24.3 Å². The fourth-order valence-electron chi connectivity index (χ4n) is 2.22. The molecule has 2 heterocycles. The van der Waals surface area contributed by atoms with Gasteiger partial charge < -0.3 is 4.98 Å². The third-order valence-corrected chi connectivity index (χ3v) is 5.00. The van der Waals surface area contributed by atoms with E-state index in [2.05, 4.69) is 19.8 Å². The molecule has 0 spiro atoms. The molecule has 0 radical (unpaired) electrons. The normalized spacial score (nSPS) is 12.0. The lowest BCUT2D eigenvalue weighted by Gasteiger charge is -2.06. The number of nitrogens with zero attached hydrogens (tertiary/aromatic N) is 3. The first-order valence-electron chi connectivity index (χ1n) is 7.57. The Labute approximate surface area is 140 Å². The van der Waals surface area contributed by atoms with Gasteiger partial charge >= 0.3 is 0 Å². The Hall–Kier alpha value is -2.45. The van der Waals surface area contributed by atoms with Gasteiger partial charge in [0.25, 0.3) is 0 Å². The molecule has 2 N–H and O–H groups in total. The second-order valence-corrected chi connectivity index (χ2v) is 7.50. The summed E-state index contributed by atoms with van der Waals surface area (Å²) in [4.78, 5) is 7.18. The molecule has 0 aliphatic carbocycles. The largest absolute Gasteiger partial charge is 0.345 e. The maximum atomic E-state index is 12.3. The number of hydrogen-bond acceptors (Lipinski definition) is 4. The van der Waals surface area contributed by atoms with Crippen LogP contribution in [0, 0.1) is 0 Å². The average molecular weight is 345 g/mol. The summed E-state index contributed by atoms with van der Waals surface area (Å²) in [6, 6.07) is 7.73. The lowest BCUT2D eigenvalue weighted by Crippen LogP contribution is -2.22. The smallest absolute Gasteiger partial charge is 0.243 e. The third kappa shape index (κ3) is 3.55. The highest BCUT2D eigenvalue weighted by Crippen LogP contribution is 2.17. The number of aromatic amines is 1. The second-order valence-electron chi connectivity index (χ2n) is 5.74. The van der Waals surface area contributed by atoms with Crippen molar-refractivity contribution in [1.82, 2.24) is 24.5 Å². The van der Waals surface area contributed by atoms with E-state index in [-0.39, 0.29) is 17.5 Å². The topological polar surface area (TPSA) is 92.7 Å². The molecule has 0 aliphatic rings. The van der Waals surface area contributed by atoms with E-state index in [0.29, 0.717) is 0 Å². The number of nitrogens with one attached hydrogen (secondary N) is 2. The molecule has 1 aromatic carbocycles. The van der Waals surface area contributed by atoms with Crippen molar-refractivity contribution in [3.8, 4) is 11.3 Å². The summed E-state index contributed by atoms with van der Waals surface area (Å²) in [5.41, 5.74) is 2.79. The van der Waals surface area contributed by atoms with Crippen molar-refractivity contribution < 1.29 is 8.42 Å². The second kappa shape index (κ2) is 6.58. The van der Waals surface area contributed by atoms with E-state index in [0.717, 1.165) is 16.8 Å². The summed E-state index contributed by atoms with van der Waals surface area (Å²) >= 11 is 0. The number of aromatic nitrogens is 4. The first-order chi connectivity index (χ1) is 11.5. The van der Waals surface area contributed by atoms with Crippen LogP contribution in [0.3, 0.4) is 0 Å². The third-order valence-electron chi connectivity index (χ3n) is 3.65. The summed E-state index contributed by atoms with van der Waals surface area (Å²) in [7, 11) is -3.57. The lowest BCUT2D eigenvalue weighted by atomic mass is 10.1. The molecule has 2 aromatic heterocycles. The number of imidazole rings is 1. The number of hydrogen-bond donors (Lipinski definition) is 2. The number of sulfonamides is 1. The summed E-state index contributed by atoms with van der Waals surface area (Å²) in [6.07, 6.45) is 6.26. The van der Waals surface area contributed by atoms with Crippen LogP contribution in [0.4, 0.5) is 0 Å². The highest BCUT2D eigenvalue weighted by molar-refractivity contribution is 7.89. The van der Waals surface area contributed by atoms with E-state index in [1.165, 1.54) is 12.4 Å². The van der Waals surface area contributed by atoms with E-state index >= 15 is 0 Å². The Morgan fingerprint density at radius 2 is 1.96 bits per heavy atom. The summed E-state index contributed by atoms with van der Waals surface area (Å²) in [5, 5.41) is 4.07. The van der Waals surface area contributed by atoms with Crippen LogP contribution in [0.2, 0.25) is 0 Å². The number of benzene rings is 1. The zero-order valence-electron chi connectivity index (χ0n) is 13.5. The standard InChI is InChI=1S/C16H19N5O2S/c1-12(2)21-10-15(8-19-21)24(22,23)20-7-13-3-5-14(6-4-13)16-9-17-11-18-16/h3-6,8-12,20H,7H2,1-2H3,(H,17,18).